The summed E-state index contributed by atoms with van der Waals surface area (Å²) in [6, 6.07) is 0.107. The number of carbonyl (C=O) groups is 1. The van der Waals surface area contributed by atoms with Gasteiger partial charge < -0.3 is 4.74 Å². The molecule has 14 heavy (non-hydrogen) atoms. The van der Waals surface area contributed by atoms with Crippen LogP contribution in [0.5, 0.6) is 0 Å². The number of carbonyl (C=O) groups excluding carboxylic acids is 1. The molecular weight excluding hydrogens is 184 g/mol. The highest BCUT2D eigenvalue weighted by Crippen LogP contribution is 2.10. The molecule has 0 saturated carbocycles. The molecule has 5 nitrogen and oxygen atoms in total. The fraction of sp³-hybridized carbons (Fsp3) is 0.889. The summed E-state index contributed by atoms with van der Waals surface area (Å²) in [4.78, 5) is 18.3. The average molecular weight is 202 g/mol. The van der Waals surface area contributed by atoms with Gasteiger partial charge in [0, 0.05) is 12.6 Å². The van der Waals surface area contributed by atoms with Gasteiger partial charge in [0.1, 0.15) is 6.04 Å². The minimum Gasteiger partial charge on any atom is -0.378 e. The lowest BCUT2D eigenvalue weighted by molar-refractivity contribution is -0.144. The molecule has 0 aromatic heterocycles. The first kappa shape index (κ1) is 11.4. The van der Waals surface area contributed by atoms with Crippen LogP contribution in [0.15, 0.2) is 0 Å². The molecule has 1 amide bonds. The van der Waals surface area contributed by atoms with Crippen LogP contribution in [-0.4, -0.2) is 49.8 Å². The predicted octanol–water partition coefficient (Wildman–Crippen LogP) is -0.227. The van der Waals surface area contributed by atoms with Crippen molar-refractivity contribution >= 4 is 5.91 Å². The van der Waals surface area contributed by atoms with Gasteiger partial charge in [-0.1, -0.05) is 0 Å². The standard InChI is InChI=1S/C9H18N2O3/c1-7(2)11-4-5-14-6-8(11)9(12)10-13-3/h7-8H,4-6H2,1-3H3,(H,10,12)/t8-/m0/s1. The Morgan fingerprint density at radius 3 is 2.93 bits per heavy atom. The molecule has 1 fully saturated rings. The van der Waals surface area contributed by atoms with Crippen molar-refractivity contribution in [2.45, 2.75) is 25.9 Å². The molecule has 1 heterocycles. The summed E-state index contributed by atoms with van der Waals surface area (Å²) >= 11 is 0. The van der Waals surface area contributed by atoms with Crippen LogP contribution < -0.4 is 5.48 Å². The zero-order valence-corrected chi connectivity index (χ0v) is 8.95. The van der Waals surface area contributed by atoms with E-state index in [1.54, 1.807) is 0 Å². The number of morpholine rings is 1. The largest absolute Gasteiger partial charge is 0.378 e. The zero-order chi connectivity index (χ0) is 10.6. The van der Waals surface area contributed by atoms with Crippen LogP contribution in [0.1, 0.15) is 13.8 Å². The summed E-state index contributed by atoms with van der Waals surface area (Å²) in [5, 5.41) is 0. The van der Waals surface area contributed by atoms with Crippen LogP contribution in [-0.2, 0) is 14.4 Å². The van der Waals surface area contributed by atoms with Crippen LogP contribution in [0.3, 0.4) is 0 Å². The molecule has 5 heteroatoms. The molecule has 1 aliphatic rings. The van der Waals surface area contributed by atoms with Crippen molar-refractivity contribution in [3.63, 3.8) is 0 Å². The van der Waals surface area contributed by atoms with E-state index in [-0.39, 0.29) is 11.9 Å². The summed E-state index contributed by atoms with van der Waals surface area (Å²) in [6.07, 6.45) is 0. The maximum Gasteiger partial charge on any atom is 0.263 e. The molecule has 0 aliphatic carbocycles. The fourth-order valence-electron chi connectivity index (χ4n) is 1.63. The second-order valence-electron chi connectivity index (χ2n) is 3.59. The number of amides is 1. The molecular formula is C9H18N2O3. The highest BCUT2D eigenvalue weighted by atomic mass is 16.6. The van der Waals surface area contributed by atoms with Crippen molar-refractivity contribution < 1.29 is 14.4 Å². The monoisotopic (exact) mass is 202 g/mol. The number of ether oxygens (including phenoxy) is 1. The van der Waals surface area contributed by atoms with Gasteiger partial charge in [-0.05, 0) is 13.8 Å². The predicted molar refractivity (Wildman–Crippen MR) is 51.6 cm³/mol. The molecule has 1 rings (SSSR count). The number of nitrogens with one attached hydrogen (secondary N) is 1. The van der Waals surface area contributed by atoms with E-state index in [2.05, 4.69) is 29.1 Å². The molecule has 0 aromatic carbocycles. The SMILES string of the molecule is CONC(=O)[C@@H]1COCCN1C(C)C. The van der Waals surface area contributed by atoms with Crippen molar-refractivity contribution in [3.05, 3.63) is 0 Å². The smallest absolute Gasteiger partial charge is 0.263 e. The van der Waals surface area contributed by atoms with Crippen LogP contribution in [0, 0.1) is 0 Å². The van der Waals surface area contributed by atoms with E-state index in [1.165, 1.54) is 7.11 Å². The molecule has 82 valence electrons. The Morgan fingerprint density at radius 1 is 1.64 bits per heavy atom. The van der Waals surface area contributed by atoms with Crippen molar-refractivity contribution in [3.8, 4) is 0 Å². The van der Waals surface area contributed by atoms with Gasteiger partial charge >= 0.3 is 0 Å². The lowest BCUT2D eigenvalue weighted by atomic mass is 10.1. The van der Waals surface area contributed by atoms with Gasteiger partial charge in [-0.15, -0.1) is 0 Å². The van der Waals surface area contributed by atoms with Gasteiger partial charge in [-0.3, -0.25) is 14.5 Å². The van der Waals surface area contributed by atoms with Gasteiger partial charge in [0.15, 0.2) is 0 Å². The Hall–Kier alpha value is -0.650. The van der Waals surface area contributed by atoms with Crippen LogP contribution in [0.4, 0.5) is 0 Å². The van der Waals surface area contributed by atoms with E-state index in [0.717, 1.165) is 6.54 Å². The molecule has 1 atom stereocenters. The van der Waals surface area contributed by atoms with Crippen molar-refractivity contribution in [2.24, 2.45) is 0 Å². The quantitative estimate of drug-likeness (QED) is 0.642. The average Bonchev–Trinajstić information content (AvgIpc) is 2.18. The van der Waals surface area contributed by atoms with E-state index in [0.29, 0.717) is 19.3 Å². The molecule has 0 spiro atoms. The summed E-state index contributed by atoms with van der Waals surface area (Å²) in [7, 11) is 1.43. The van der Waals surface area contributed by atoms with Gasteiger partial charge in [-0.25, -0.2) is 5.48 Å². The normalized spacial score (nSPS) is 23.9. The third-order valence-electron chi connectivity index (χ3n) is 2.34. The highest BCUT2D eigenvalue weighted by Gasteiger charge is 2.30. The summed E-state index contributed by atoms with van der Waals surface area (Å²) in [6.45, 7) is 6.05. The molecule has 0 unspecified atom stereocenters. The van der Waals surface area contributed by atoms with Crippen molar-refractivity contribution in [2.75, 3.05) is 26.9 Å². The molecule has 1 N–H and O–H groups in total. The number of hydrogen-bond acceptors (Lipinski definition) is 4. The van der Waals surface area contributed by atoms with Crippen molar-refractivity contribution in [1.29, 1.82) is 0 Å². The highest BCUT2D eigenvalue weighted by molar-refractivity contribution is 5.81. The Labute approximate surface area is 84.3 Å². The number of nitrogens with zero attached hydrogens (tertiary/aromatic N) is 1. The summed E-state index contributed by atoms with van der Waals surface area (Å²) < 4.78 is 5.27. The fourth-order valence-corrected chi connectivity index (χ4v) is 1.63. The maximum absolute atomic E-state index is 11.6. The van der Waals surface area contributed by atoms with E-state index < -0.39 is 0 Å². The third kappa shape index (κ3) is 2.67. The molecule has 0 radical (unpaired) electrons. The number of hydrogen-bond donors (Lipinski definition) is 1. The summed E-state index contributed by atoms with van der Waals surface area (Å²) in [5.41, 5.74) is 2.34. The Bertz CT molecular complexity index is 196. The van der Waals surface area contributed by atoms with Crippen LogP contribution >= 0.6 is 0 Å². The Balaban J connectivity index is 2.57. The van der Waals surface area contributed by atoms with Crippen LogP contribution in [0.2, 0.25) is 0 Å². The van der Waals surface area contributed by atoms with Crippen molar-refractivity contribution in [1.82, 2.24) is 10.4 Å². The lowest BCUT2D eigenvalue weighted by Crippen LogP contribution is -2.55. The van der Waals surface area contributed by atoms with Gasteiger partial charge in [0.25, 0.3) is 5.91 Å². The minimum absolute atomic E-state index is 0.138. The first-order valence-corrected chi connectivity index (χ1v) is 4.83. The maximum atomic E-state index is 11.6. The third-order valence-corrected chi connectivity index (χ3v) is 2.34. The zero-order valence-electron chi connectivity index (χ0n) is 8.95. The van der Waals surface area contributed by atoms with Gasteiger partial charge in [0.05, 0.1) is 20.3 Å². The molecule has 0 aromatic rings. The topological polar surface area (TPSA) is 50.8 Å². The van der Waals surface area contributed by atoms with E-state index in [1.807, 2.05) is 0 Å². The van der Waals surface area contributed by atoms with Crippen LogP contribution in [0.25, 0.3) is 0 Å². The first-order valence-electron chi connectivity index (χ1n) is 4.83. The van der Waals surface area contributed by atoms with Gasteiger partial charge in [-0.2, -0.15) is 0 Å². The van der Waals surface area contributed by atoms with E-state index in [4.69, 9.17) is 4.74 Å². The molecule has 1 aliphatic heterocycles. The van der Waals surface area contributed by atoms with Gasteiger partial charge in [0.2, 0.25) is 0 Å². The molecule has 1 saturated heterocycles. The Kier molecular flexibility index (Phi) is 4.31. The second-order valence-corrected chi connectivity index (χ2v) is 3.59. The second kappa shape index (κ2) is 5.29. The Morgan fingerprint density at radius 2 is 2.36 bits per heavy atom. The first-order chi connectivity index (χ1) is 6.66. The van der Waals surface area contributed by atoms with E-state index in [9.17, 15) is 4.79 Å². The van der Waals surface area contributed by atoms with E-state index >= 15 is 0 Å². The number of hydroxylamine groups is 1. The lowest BCUT2D eigenvalue weighted by Gasteiger charge is -2.36. The number of rotatable bonds is 3. The minimum atomic E-state index is -0.233. The molecule has 0 bridgehead atoms. The summed E-state index contributed by atoms with van der Waals surface area (Å²) in [5.74, 6) is -0.138.